The second kappa shape index (κ2) is 9.12. The van der Waals surface area contributed by atoms with Crippen molar-refractivity contribution in [1.29, 1.82) is 0 Å². The molecule has 3 atom stereocenters. The maximum atomic E-state index is 13.2. The smallest absolute Gasteiger partial charge is 0.469 e. The summed E-state index contributed by atoms with van der Waals surface area (Å²) in [5.74, 6) is -1.10. The number of rotatable bonds is 5. The van der Waals surface area contributed by atoms with Crippen molar-refractivity contribution in [3.8, 4) is 0 Å². The van der Waals surface area contributed by atoms with Gasteiger partial charge in [-0.15, -0.1) is 0 Å². The molecular formula is C23H35F3N2O4. The maximum absolute atomic E-state index is 13.2. The molecule has 0 aromatic heterocycles. The lowest BCUT2D eigenvalue weighted by Gasteiger charge is -2.41. The van der Waals surface area contributed by atoms with Gasteiger partial charge in [0.15, 0.2) is 0 Å². The van der Waals surface area contributed by atoms with E-state index in [1.807, 2.05) is 6.92 Å². The van der Waals surface area contributed by atoms with Crippen molar-refractivity contribution in [2.24, 2.45) is 17.8 Å². The van der Waals surface area contributed by atoms with Crippen LogP contribution in [-0.4, -0.2) is 78.9 Å². The van der Waals surface area contributed by atoms with Crippen molar-refractivity contribution >= 4 is 11.9 Å². The molecule has 4 rings (SSSR count). The monoisotopic (exact) mass is 460 g/mol. The molecule has 2 aliphatic carbocycles. The standard InChI is InChI=1S/C23H35F3N2O4/c1-15-11-19(15)28(21(30)23(24,25)26)18-12-22(32-14-18)7-9-27(10-8-22)13-16-3-5-17(6-4-16)20(29)31-2/h15-19H,3-14H2,1-2H3/t15-,16-,17-,18?,19-/m1/s1. The van der Waals surface area contributed by atoms with Gasteiger partial charge >= 0.3 is 18.1 Å². The first-order valence-electron chi connectivity index (χ1n) is 12.0. The zero-order valence-corrected chi connectivity index (χ0v) is 19.0. The van der Waals surface area contributed by atoms with Crippen LogP contribution in [0.1, 0.15) is 58.3 Å². The predicted molar refractivity (Wildman–Crippen MR) is 111 cm³/mol. The quantitative estimate of drug-likeness (QED) is 0.589. The van der Waals surface area contributed by atoms with Gasteiger partial charge in [0.1, 0.15) is 0 Å². The van der Waals surface area contributed by atoms with Crippen LogP contribution in [-0.2, 0) is 19.1 Å². The molecule has 4 aliphatic rings. The highest BCUT2D eigenvalue weighted by Gasteiger charge is 2.55. The van der Waals surface area contributed by atoms with Crippen LogP contribution in [0.4, 0.5) is 13.2 Å². The molecule has 2 heterocycles. The van der Waals surface area contributed by atoms with Gasteiger partial charge in [-0.3, -0.25) is 9.59 Å². The number of hydrogen-bond acceptors (Lipinski definition) is 5. The summed E-state index contributed by atoms with van der Waals surface area (Å²) in [4.78, 5) is 27.3. The van der Waals surface area contributed by atoms with Gasteiger partial charge in [-0.1, -0.05) is 6.92 Å². The lowest BCUT2D eigenvalue weighted by atomic mass is 9.81. The van der Waals surface area contributed by atoms with E-state index in [9.17, 15) is 22.8 Å². The molecule has 2 saturated carbocycles. The first-order valence-corrected chi connectivity index (χ1v) is 12.0. The molecule has 1 spiro atoms. The number of carbonyl (C=O) groups excluding carboxylic acids is 2. The number of esters is 1. The van der Waals surface area contributed by atoms with Gasteiger partial charge in [-0.25, -0.2) is 0 Å². The average molecular weight is 461 g/mol. The topological polar surface area (TPSA) is 59.1 Å². The summed E-state index contributed by atoms with van der Waals surface area (Å²) in [6, 6.07) is -0.799. The minimum atomic E-state index is -4.84. The molecule has 6 nitrogen and oxygen atoms in total. The number of hydrogen-bond donors (Lipinski definition) is 0. The van der Waals surface area contributed by atoms with Crippen molar-refractivity contribution < 1.29 is 32.2 Å². The Hall–Kier alpha value is -1.35. The number of carbonyl (C=O) groups is 2. The third-order valence-corrected chi connectivity index (χ3v) is 8.15. The van der Waals surface area contributed by atoms with Gasteiger partial charge in [0.05, 0.1) is 31.3 Å². The lowest BCUT2D eigenvalue weighted by molar-refractivity contribution is -0.188. The fraction of sp³-hybridized carbons (Fsp3) is 0.913. The van der Waals surface area contributed by atoms with E-state index in [-0.39, 0.29) is 30.5 Å². The van der Waals surface area contributed by atoms with Crippen LogP contribution in [0, 0.1) is 17.8 Å². The fourth-order valence-electron chi connectivity index (χ4n) is 6.03. The van der Waals surface area contributed by atoms with E-state index in [2.05, 4.69) is 4.90 Å². The van der Waals surface area contributed by atoms with Crippen molar-refractivity contribution in [1.82, 2.24) is 9.80 Å². The van der Waals surface area contributed by atoms with Gasteiger partial charge in [0.2, 0.25) is 0 Å². The van der Waals surface area contributed by atoms with Crippen LogP contribution in [0.25, 0.3) is 0 Å². The minimum absolute atomic E-state index is 0.0289. The van der Waals surface area contributed by atoms with Crippen LogP contribution in [0.2, 0.25) is 0 Å². The molecule has 0 N–H and O–H groups in total. The van der Waals surface area contributed by atoms with Gasteiger partial charge < -0.3 is 19.3 Å². The van der Waals surface area contributed by atoms with Crippen LogP contribution < -0.4 is 0 Å². The number of ether oxygens (including phenoxy) is 2. The van der Waals surface area contributed by atoms with Gasteiger partial charge in [0.25, 0.3) is 0 Å². The second-order valence-corrected chi connectivity index (χ2v) is 10.4. The van der Waals surface area contributed by atoms with E-state index in [1.165, 1.54) is 7.11 Å². The Morgan fingerprint density at radius 2 is 1.78 bits per heavy atom. The van der Waals surface area contributed by atoms with E-state index < -0.39 is 23.7 Å². The molecule has 4 fully saturated rings. The van der Waals surface area contributed by atoms with E-state index in [4.69, 9.17) is 9.47 Å². The highest BCUT2D eigenvalue weighted by atomic mass is 19.4. The molecule has 32 heavy (non-hydrogen) atoms. The van der Waals surface area contributed by atoms with Crippen molar-refractivity contribution in [3.63, 3.8) is 0 Å². The zero-order valence-electron chi connectivity index (χ0n) is 19.0. The number of piperidine rings is 1. The Morgan fingerprint density at radius 1 is 1.16 bits per heavy atom. The second-order valence-electron chi connectivity index (χ2n) is 10.4. The maximum Gasteiger partial charge on any atom is 0.471 e. The predicted octanol–water partition coefficient (Wildman–Crippen LogP) is 3.39. The first kappa shape index (κ1) is 23.8. The number of amides is 1. The molecule has 1 unspecified atom stereocenters. The number of likely N-dealkylation sites (tertiary alicyclic amines) is 1. The molecule has 182 valence electrons. The number of alkyl halides is 3. The number of methoxy groups -OCH3 is 1. The molecule has 2 aliphatic heterocycles. The molecule has 0 aromatic rings. The van der Waals surface area contributed by atoms with E-state index in [1.54, 1.807) is 0 Å². The normalized spacial score (nSPS) is 35.0. The van der Waals surface area contributed by atoms with Crippen LogP contribution in [0.3, 0.4) is 0 Å². The summed E-state index contributed by atoms with van der Waals surface area (Å²) < 4.78 is 50.6. The highest BCUT2D eigenvalue weighted by molar-refractivity contribution is 5.83. The molecule has 0 radical (unpaired) electrons. The first-order chi connectivity index (χ1) is 15.1. The molecule has 2 saturated heterocycles. The van der Waals surface area contributed by atoms with Gasteiger partial charge in [0, 0.05) is 25.7 Å². The van der Waals surface area contributed by atoms with Gasteiger partial charge in [-0.05, 0) is 63.2 Å². The lowest BCUT2D eigenvalue weighted by Crippen LogP contribution is -2.50. The van der Waals surface area contributed by atoms with Crippen molar-refractivity contribution in [2.75, 3.05) is 33.4 Å². The Bertz CT molecular complexity index is 700. The highest BCUT2D eigenvalue weighted by Crippen LogP contribution is 2.44. The summed E-state index contributed by atoms with van der Waals surface area (Å²) in [6.45, 7) is 4.80. The molecular weight excluding hydrogens is 425 g/mol. The van der Waals surface area contributed by atoms with E-state index >= 15 is 0 Å². The Labute approximate surface area is 187 Å². The molecule has 9 heteroatoms. The SMILES string of the molecule is COC(=O)[C@H]1CC[C@H](CN2CCC3(CC2)CC(N(C(=O)C(F)(F)F)[C@@H]2C[C@H]2C)CO3)CC1. The number of nitrogens with zero attached hydrogens (tertiary/aromatic N) is 2. The van der Waals surface area contributed by atoms with E-state index in [0.29, 0.717) is 18.8 Å². The number of halogens is 3. The zero-order chi connectivity index (χ0) is 23.1. The Kier molecular flexibility index (Phi) is 6.78. The molecule has 1 amide bonds. The third kappa shape index (κ3) is 5.08. The van der Waals surface area contributed by atoms with Crippen LogP contribution >= 0.6 is 0 Å². The third-order valence-electron chi connectivity index (χ3n) is 8.15. The molecule has 0 aromatic carbocycles. The summed E-state index contributed by atoms with van der Waals surface area (Å²) in [6.07, 6.45) is 1.67. The Balaban J connectivity index is 1.27. The fourth-order valence-corrected chi connectivity index (χ4v) is 6.03. The van der Waals surface area contributed by atoms with Crippen molar-refractivity contribution in [3.05, 3.63) is 0 Å². The van der Waals surface area contributed by atoms with Crippen LogP contribution in [0.15, 0.2) is 0 Å². The largest absolute Gasteiger partial charge is 0.471 e. The summed E-state index contributed by atoms with van der Waals surface area (Å²) in [5.41, 5.74) is -0.411. The minimum Gasteiger partial charge on any atom is -0.469 e. The summed E-state index contributed by atoms with van der Waals surface area (Å²) in [7, 11) is 1.44. The van der Waals surface area contributed by atoms with Crippen LogP contribution in [0.5, 0.6) is 0 Å². The molecule has 0 bridgehead atoms. The average Bonchev–Trinajstić information content (AvgIpc) is 3.34. The van der Waals surface area contributed by atoms with Gasteiger partial charge in [-0.2, -0.15) is 13.2 Å². The van der Waals surface area contributed by atoms with E-state index in [0.717, 1.165) is 63.1 Å². The summed E-state index contributed by atoms with van der Waals surface area (Å²) >= 11 is 0. The Morgan fingerprint density at radius 3 is 2.31 bits per heavy atom. The summed E-state index contributed by atoms with van der Waals surface area (Å²) in [5, 5.41) is 0. The van der Waals surface area contributed by atoms with Crippen molar-refractivity contribution in [2.45, 2.75) is 82.2 Å².